The van der Waals surface area contributed by atoms with E-state index in [1.165, 1.54) is 12.8 Å². The Bertz CT molecular complexity index is 770. The van der Waals surface area contributed by atoms with Crippen LogP contribution in [0.1, 0.15) is 50.5 Å². The zero-order chi connectivity index (χ0) is 16.9. The maximum absolute atomic E-state index is 9.56. The first kappa shape index (κ1) is 16.1. The Hall–Kier alpha value is -2.74. The summed E-state index contributed by atoms with van der Waals surface area (Å²) in [6.45, 7) is 2.19. The van der Waals surface area contributed by atoms with Gasteiger partial charge in [0, 0.05) is 5.92 Å². The van der Waals surface area contributed by atoms with Crippen molar-refractivity contribution in [1.29, 1.82) is 5.26 Å². The molecule has 2 aromatic rings. The number of aromatic amines is 1. The van der Waals surface area contributed by atoms with Crippen molar-refractivity contribution in [2.75, 3.05) is 0 Å². The van der Waals surface area contributed by atoms with E-state index in [2.05, 4.69) is 23.2 Å². The van der Waals surface area contributed by atoms with Gasteiger partial charge in [-0.05, 0) is 12.0 Å². The minimum atomic E-state index is -0.0652. The Kier molecular flexibility index (Phi) is 4.85. The highest BCUT2D eigenvalue weighted by Gasteiger charge is 2.33. The molecule has 1 unspecified atom stereocenters. The van der Waals surface area contributed by atoms with E-state index in [1.54, 1.807) is 0 Å². The van der Waals surface area contributed by atoms with E-state index in [0.29, 0.717) is 11.5 Å². The molecule has 1 aliphatic rings. The van der Waals surface area contributed by atoms with Gasteiger partial charge < -0.3 is 10.5 Å². The fraction of sp³-hybridized carbons (Fsp3) is 0.368. The average Bonchev–Trinajstić information content (AvgIpc) is 3.02. The van der Waals surface area contributed by atoms with Crippen molar-refractivity contribution in [3.8, 4) is 23.2 Å². The SMILES string of the molecule is CCCCCCC1C(C#N)=C(N)Oc2n[nH]c(-c3ccccc3)c21. The minimum absolute atomic E-state index is 0.0652. The summed E-state index contributed by atoms with van der Waals surface area (Å²) < 4.78 is 5.59. The highest BCUT2D eigenvalue weighted by atomic mass is 16.5. The van der Waals surface area contributed by atoms with E-state index in [0.717, 1.165) is 36.1 Å². The Morgan fingerprint density at radius 2 is 2.04 bits per heavy atom. The monoisotopic (exact) mass is 322 g/mol. The Balaban J connectivity index is 1.97. The summed E-state index contributed by atoms with van der Waals surface area (Å²) in [7, 11) is 0. The third kappa shape index (κ3) is 3.00. The number of aromatic nitrogens is 2. The second-order valence-electron chi connectivity index (χ2n) is 6.08. The van der Waals surface area contributed by atoms with Crippen molar-refractivity contribution in [1.82, 2.24) is 10.2 Å². The first-order chi connectivity index (χ1) is 11.8. The van der Waals surface area contributed by atoms with Crippen LogP contribution >= 0.6 is 0 Å². The molecule has 3 N–H and O–H groups in total. The Morgan fingerprint density at radius 3 is 2.75 bits per heavy atom. The molecule has 0 radical (unpaired) electrons. The first-order valence-electron chi connectivity index (χ1n) is 8.47. The first-order valence-corrected chi connectivity index (χ1v) is 8.47. The van der Waals surface area contributed by atoms with Crippen molar-refractivity contribution in [3.05, 3.63) is 47.4 Å². The normalized spacial score (nSPS) is 16.4. The number of nitrogens with zero attached hydrogens (tertiary/aromatic N) is 2. The molecular weight excluding hydrogens is 300 g/mol. The van der Waals surface area contributed by atoms with Crippen molar-refractivity contribution in [2.24, 2.45) is 5.73 Å². The molecule has 24 heavy (non-hydrogen) atoms. The Labute approximate surface area is 142 Å². The molecule has 1 atom stereocenters. The van der Waals surface area contributed by atoms with Crippen LogP contribution in [0.5, 0.6) is 5.88 Å². The molecule has 5 heteroatoms. The molecule has 3 rings (SSSR count). The van der Waals surface area contributed by atoms with Crippen LogP contribution in [0.4, 0.5) is 0 Å². The van der Waals surface area contributed by atoms with E-state index in [9.17, 15) is 5.26 Å². The van der Waals surface area contributed by atoms with Gasteiger partial charge >= 0.3 is 0 Å². The van der Waals surface area contributed by atoms with Crippen LogP contribution in [0, 0.1) is 11.3 Å². The molecule has 0 saturated heterocycles. The number of nitrogens with two attached hydrogens (primary N) is 1. The highest BCUT2D eigenvalue weighted by molar-refractivity contribution is 5.68. The van der Waals surface area contributed by atoms with Gasteiger partial charge in [0.1, 0.15) is 6.07 Å². The van der Waals surface area contributed by atoms with Crippen LogP contribution < -0.4 is 10.5 Å². The lowest BCUT2D eigenvalue weighted by molar-refractivity contribution is 0.370. The van der Waals surface area contributed by atoms with Gasteiger partial charge in [-0.15, -0.1) is 5.10 Å². The molecular formula is C19H22N4O. The summed E-state index contributed by atoms with van der Waals surface area (Å²) in [6.07, 6.45) is 5.46. The summed E-state index contributed by atoms with van der Waals surface area (Å²) in [6, 6.07) is 12.2. The lowest BCUT2D eigenvalue weighted by Crippen LogP contribution is -2.20. The highest BCUT2D eigenvalue weighted by Crippen LogP contribution is 2.44. The van der Waals surface area contributed by atoms with E-state index in [-0.39, 0.29) is 11.8 Å². The topological polar surface area (TPSA) is 87.7 Å². The third-order valence-electron chi connectivity index (χ3n) is 4.47. The Morgan fingerprint density at radius 1 is 1.25 bits per heavy atom. The molecule has 0 fully saturated rings. The maximum atomic E-state index is 9.56. The van der Waals surface area contributed by atoms with Crippen molar-refractivity contribution >= 4 is 0 Å². The molecule has 1 aromatic heterocycles. The van der Waals surface area contributed by atoms with E-state index >= 15 is 0 Å². The number of ether oxygens (including phenoxy) is 1. The molecule has 0 spiro atoms. The molecule has 124 valence electrons. The van der Waals surface area contributed by atoms with Crippen molar-refractivity contribution in [2.45, 2.75) is 44.9 Å². The number of allylic oxidation sites excluding steroid dienone is 1. The third-order valence-corrected chi connectivity index (χ3v) is 4.47. The fourth-order valence-electron chi connectivity index (χ4n) is 3.23. The maximum Gasteiger partial charge on any atom is 0.244 e. The lowest BCUT2D eigenvalue weighted by Gasteiger charge is -2.23. The zero-order valence-electron chi connectivity index (χ0n) is 13.9. The summed E-state index contributed by atoms with van der Waals surface area (Å²) in [5, 5.41) is 16.9. The summed E-state index contributed by atoms with van der Waals surface area (Å²) in [5.41, 5.74) is 9.36. The van der Waals surface area contributed by atoms with Gasteiger partial charge in [0.2, 0.25) is 11.8 Å². The predicted octanol–water partition coefficient (Wildman–Crippen LogP) is 4.22. The molecule has 0 bridgehead atoms. The minimum Gasteiger partial charge on any atom is -0.420 e. The molecule has 1 aliphatic heterocycles. The number of nitrogens with one attached hydrogen (secondary N) is 1. The molecule has 1 aromatic carbocycles. The molecule has 2 heterocycles. The van der Waals surface area contributed by atoms with Gasteiger partial charge in [0.05, 0.1) is 16.8 Å². The molecule has 0 amide bonds. The van der Waals surface area contributed by atoms with Crippen LogP contribution in [0.25, 0.3) is 11.3 Å². The molecule has 0 saturated carbocycles. The van der Waals surface area contributed by atoms with Crippen molar-refractivity contribution < 1.29 is 4.74 Å². The largest absolute Gasteiger partial charge is 0.420 e. The number of benzene rings is 1. The molecule has 5 nitrogen and oxygen atoms in total. The van der Waals surface area contributed by atoms with Crippen LogP contribution in [-0.4, -0.2) is 10.2 Å². The number of H-pyrrole nitrogens is 1. The molecule has 0 aliphatic carbocycles. The smallest absolute Gasteiger partial charge is 0.244 e. The second-order valence-corrected chi connectivity index (χ2v) is 6.08. The predicted molar refractivity (Wildman–Crippen MR) is 93.0 cm³/mol. The van der Waals surface area contributed by atoms with Gasteiger partial charge in [-0.25, -0.2) is 0 Å². The number of nitriles is 1. The second kappa shape index (κ2) is 7.22. The summed E-state index contributed by atoms with van der Waals surface area (Å²) in [5.74, 6) is 0.604. The van der Waals surface area contributed by atoms with Crippen LogP contribution in [0.15, 0.2) is 41.8 Å². The fourth-order valence-corrected chi connectivity index (χ4v) is 3.23. The van der Waals surface area contributed by atoms with Gasteiger partial charge in [-0.2, -0.15) is 5.26 Å². The van der Waals surface area contributed by atoms with Gasteiger partial charge in [-0.3, -0.25) is 5.10 Å². The van der Waals surface area contributed by atoms with Gasteiger partial charge in [-0.1, -0.05) is 62.9 Å². The number of hydrogen-bond donors (Lipinski definition) is 2. The van der Waals surface area contributed by atoms with Crippen LogP contribution in [0.3, 0.4) is 0 Å². The van der Waals surface area contributed by atoms with Crippen LogP contribution in [0.2, 0.25) is 0 Å². The summed E-state index contributed by atoms with van der Waals surface area (Å²) in [4.78, 5) is 0. The standard InChI is InChI=1S/C19H22N4O/c1-2-3-4-8-11-14-15(12-20)18(21)24-19-16(14)17(22-23-19)13-9-6-5-7-10-13/h5-7,9-10,14H,2-4,8,11,21H2,1H3,(H,22,23). The number of hydrogen-bond acceptors (Lipinski definition) is 4. The number of unbranched alkanes of at least 4 members (excludes halogenated alkanes) is 3. The van der Waals surface area contributed by atoms with Gasteiger partial charge in [0.15, 0.2) is 0 Å². The quantitative estimate of drug-likeness (QED) is 0.779. The van der Waals surface area contributed by atoms with Crippen LogP contribution in [-0.2, 0) is 0 Å². The summed E-state index contributed by atoms with van der Waals surface area (Å²) >= 11 is 0. The van der Waals surface area contributed by atoms with E-state index in [4.69, 9.17) is 10.5 Å². The van der Waals surface area contributed by atoms with E-state index in [1.807, 2.05) is 30.3 Å². The number of rotatable bonds is 6. The van der Waals surface area contributed by atoms with E-state index < -0.39 is 0 Å². The van der Waals surface area contributed by atoms with Crippen molar-refractivity contribution in [3.63, 3.8) is 0 Å². The number of fused-ring (bicyclic) bond motifs is 1. The average molecular weight is 322 g/mol. The van der Waals surface area contributed by atoms with Gasteiger partial charge in [0.25, 0.3) is 0 Å². The lowest BCUT2D eigenvalue weighted by atomic mass is 9.84. The zero-order valence-corrected chi connectivity index (χ0v) is 13.9.